The number of rotatable bonds is 9. The Kier molecular flexibility index (Phi) is 7.72. The highest BCUT2D eigenvalue weighted by atomic mass is 79.9. The van der Waals surface area contributed by atoms with Crippen LogP contribution in [0.2, 0.25) is 5.02 Å². The first-order chi connectivity index (χ1) is 18.5. The van der Waals surface area contributed by atoms with Crippen LogP contribution < -0.4 is 9.47 Å². The van der Waals surface area contributed by atoms with Crippen molar-refractivity contribution in [2.75, 3.05) is 0 Å². The molecule has 5 rings (SSSR count). The molecule has 0 aliphatic heterocycles. The SMILES string of the molecule is O=C(O)/C=C/c1cc(Cl)c(OCc2cccc(-c3ccccc3)c2Br)cc1OCc1ccc2nonc2c1. The number of ether oxygens (including phenoxy) is 2. The zero-order valence-electron chi connectivity index (χ0n) is 19.8. The second kappa shape index (κ2) is 11.5. The molecule has 0 radical (unpaired) electrons. The summed E-state index contributed by atoms with van der Waals surface area (Å²) in [6.07, 6.45) is 2.45. The largest absolute Gasteiger partial charge is 0.488 e. The third-order valence-corrected chi connectivity index (χ3v) is 6.96. The van der Waals surface area contributed by atoms with Gasteiger partial charge >= 0.3 is 5.97 Å². The molecule has 5 aromatic rings. The van der Waals surface area contributed by atoms with Gasteiger partial charge in [0.15, 0.2) is 0 Å². The van der Waals surface area contributed by atoms with Crippen molar-refractivity contribution in [1.82, 2.24) is 10.3 Å². The molecule has 1 heterocycles. The molecule has 0 spiro atoms. The van der Waals surface area contributed by atoms with Gasteiger partial charge in [-0.05, 0) is 67.2 Å². The summed E-state index contributed by atoms with van der Waals surface area (Å²) in [5.74, 6) is -0.265. The fourth-order valence-electron chi connectivity index (χ4n) is 3.84. The highest BCUT2D eigenvalue weighted by molar-refractivity contribution is 9.10. The Balaban J connectivity index is 1.39. The smallest absolute Gasteiger partial charge is 0.328 e. The fourth-order valence-corrected chi connectivity index (χ4v) is 4.68. The van der Waals surface area contributed by atoms with Crippen LogP contribution in [-0.4, -0.2) is 21.4 Å². The number of carbonyl (C=O) groups is 1. The Morgan fingerprint density at radius 3 is 2.53 bits per heavy atom. The van der Waals surface area contributed by atoms with E-state index in [0.29, 0.717) is 33.1 Å². The number of nitrogens with zero attached hydrogens (tertiary/aromatic N) is 2. The summed E-state index contributed by atoms with van der Waals surface area (Å²) in [5.41, 5.74) is 5.67. The standard InChI is InChI=1S/C29H20BrClN2O5/c30-29-21(7-4-8-22(29)19-5-2-1-3-6-19)17-37-27-15-26(20(14-23(27)31)10-12-28(34)35)36-16-18-9-11-24-25(13-18)33-38-32-24/h1-15H,16-17H2,(H,34,35)/b12-10+. The number of benzene rings is 4. The maximum Gasteiger partial charge on any atom is 0.328 e. The van der Waals surface area contributed by atoms with Crippen LogP contribution in [0.3, 0.4) is 0 Å². The molecule has 9 heteroatoms. The van der Waals surface area contributed by atoms with Gasteiger partial charge in [-0.2, -0.15) is 0 Å². The van der Waals surface area contributed by atoms with Gasteiger partial charge in [0.1, 0.15) is 35.7 Å². The summed E-state index contributed by atoms with van der Waals surface area (Å²) < 4.78 is 17.8. The van der Waals surface area contributed by atoms with E-state index in [-0.39, 0.29) is 13.2 Å². The van der Waals surface area contributed by atoms with Crippen LogP contribution in [0, 0.1) is 0 Å². The quantitative estimate of drug-likeness (QED) is 0.177. The van der Waals surface area contributed by atoms with Crippen molar-refractivity contribution in [3.63, 3.8) is 0 Å². The van der Waals surface area contributed by atoms with Crippen molar-refractivity contribution in [2.45, 2.75) is 13.2 Å². The summed E-state index contributed by atoms with van der Waals surface area (Å²) in [4.78, 5) is 11.1. The van der Waals surface area contributed by atoms with Gasteiger partial charge in [0.2, 0.25) is 0 Å². The number of fused-ring (bicyclic) bond motifs is 1. The number of carboxylic acid groups (broad SMARTS) is 1. The minimum absolute atomic E-state index is 0.197. The first kappa shape index (κ1) is 25.5. The lowest BCUT2D eigenvalue weighted by molar-refractivity contribution is -0.131. The van der Waals surface area contributed by atoms with E-state index >= 15 is 0 Å². The molecule has 190 valence electrons. The van der Waals surface area contributed by atoms with Crippen molar-refractivity contribution in [1.29, 1.82) is 0 Å². The molecule has 0 aliphatic carbocycles. The average Bonchev–Trinajstić information content (AvgIpc) is 3.40. The number of hydrogen-bond acceptors (Lipinski definition) is 6. The van der Waals surface area contributed by atoms with Gasteiger partial charge in [-0.3, -0.25) is 0 Å². The second-order valence-electron chi connectivity index (χ2n) is 8.30. The van der Waals surface area contributed by atoms with E-state index in [1.807, 2.05) is 60.7 Å². The van der Waals surface area contributed by atoms with Crippen molar-refractivity contribution < 1.29 is 24.0 Å². The maximum absolute atomic E-state index is 11.1. The van der Waals surface area contributed by atoms with Gasteiger partial charge in [-0.15, -0.1) is 0 Å². The fraction of sp³-hybridized carbons (Fsp3) is 0.0690. The summed E-state index contributed by atoms with van der Waals surface area (Å²) in [6, 6.07) is 24.8. The van der Waals surface area contributed by atoms with E-state index in [0.717, 1.165) is 32.8 Å². The van der Waals surface area contributed by atoms with Gasteiger partial charge in [-0.25, -0.2) is 9.42 Å². The maximum atomic E-state index is 11.1. The Morgan fingerprint density at radius 2 is 1.71 bits per heavy atom. The Hall–Kier alpha value is -4.14. The predicted octanol–water partition coefficient (Wildman–Crippen LogP) is 7.56. The second-order valence-corrected chi connectivity index (χ2v) is 9.50. The van der Waals surface area contributed by atoms with Crippen LogP contribution in [0.25, 0.3) is 28.2 Å². The molecule has 0 amide bonds. The van der Waals surface area contributed by atoms with Gasteiger partial charge in [-0.1, -0.05) is 66.2 Å². The third kappa shape index (κ3) is 5.88. The van der Waals surface area contributed by atoms with E-state index in [2.05, 4.69) is 26.2 Å². The minimum Gasteiger partial charge on any atom is -0.488 e. The van der Waals surface area contributed by atoms with Gasteiger partial charge in [0.25, 0.3) is 0 Å². The zero-order chi connectivity index (χ0) is 26.5. The lowest BCUT2D eigenvalue weighted by Crippen LogP contribution is -2.01. The number of aliphatic carboxylic acids is 1. The van der Waals surface area contributed by atoms with Crippen molar-refractivity contribution in [3.8, 4) is 22.6 Å². The molecule has 0 saturated heterocycles. The van der Waals surface area contributed by atoms with E-state index in [4.69, 9.17) is 30.8 Å². The van der Waals surface area contributed by atoms with Crippen molar-refractivity contribution in [3.05, 3.63) is 111 Å². The minimum atomic E-state index is -1.08. The van der Waals surface area contributed by atoms with E-state index in [1.54, 1.807) is 18.2 Å². The third-order valence-electron chi connectivity index (χ3n) is 5.73. The van der Waals surface area contributed by atoms with Gasteiger partial charge in [0, 0.05) is 27.7 Å². The van der Waals surface area contributed by atoms with Gasteiger partial charge < -0.3 is 14.6 Å². The molecule has 4 aromatic carbocycles. The summed E-state index contributed by atoms with van der Waals surface area (Å²) in [7, 11) is 0. The highest BCUT2D eigenvalue weighted by Gasteiger charge is 2.13. The number of carboxylic acids is 1. The molecule has 1 N–H and O–H groups in total. The first-order valence-corrected chi connectivity index (χ1v) is 12.7. The van der Waals surface area contributed by atoms with Crippen LogP contribution in [0.4, 0.5) is 0 Å². The predicted molar refractivity (Wildman–Crippen MR) is 148 cm³/mol. The molecule has 0 saturated carbocycles. The van der Waals surface area contributed by atoms with E-state index in [9.17, 15) is 4.79 Å². The topological polar surface area (TPSA) is 94.7 Å². The molecular weight excluding hydrogens is 572 g/mol. The lowest BCUT2D eigenvalue weighted by Gasteiger charge is -2.15. The number of halogens is 2. The normalized spacial score (nSPS) is 11.2. The van der Waals surface area contributed by atoms with E-state index < -0.39 is 5.97 Å². The number of hydrogen-bond donors (Lipinski definition) is 1. The summed E-state index contributed by atoms with van der Waals surface area (Å²) in [5, 5.41) is 17.1. The van der Waals surface area contributed by atoms with Crippen molar-refractivity contribution in [2.24, 2.45) is 0 Å². The Labute approximate surface area is 231 Å². The van der Waals surface area contributed by atoms with E-state index in [1.165, 1.54) is 6.08 Å². The molecule has 0 atom stereocenters. The molecule has 1 aromatic heterocycles. The van der Waals surface area contributed by atoms with Crippen LogP contribution >= 0.6 is 27.5 Å². The first-order valence-electron chi connectivity index (χ1n) is 11.5. The summed E-state index contributed by atoms with van der Waals surface area (Å²) >= 11 is 10.2. The highest BCUT2D eigenvalue weighted by Crippen LogP contribution is 2.36. The zero-order valence-corrected chi connectivity index (χ0v) is 22.1. The van der Waals surface area contributed by atoms with Crippen LogP contribution in [0.5, 0.6) is 11.5 Å². The van der Waals surface area contributed by atoms with Crippen molar-refractivity contribution >= 4 is 50.6 Å². The van der Waals surface area contributed by atoms with Gasteiger partial charge in [0.05, 0.1) is 5.02 Å². The Bertz CT molecular complexity index is 1640. The van der Waals surface area contributed by atoms with Crippen LogP contribution in [0.15, 0.2) is 94.0 Å². The van der Waals surface area contributed by atoms with Crippen LogP contribution in [0.1, 0.15) is 16.7 Å². The summed E-state index contributed by atoms with van der Waals surface area (Å²) in [6.45, 7) is 0.447. The molecule has 0 unspecified atom stereocenters. The number of aromatic nitrogens is 2. The molecule has 38 heavy (non-hydrogen) atoms. The molecule has 0 bridgehead atoms. The molecule has 0 aliphatic rings. The monoisotopic (exact) mass is 590 g/mol. The molecular formula is C29H20BrClN2O5. The average molecular weight is 592 g/mol. The molecule has 7 nitrogen and oxygen atoms in total. The van der Waals surface area contributed by atoms with Crippen LogP contribution in [-0.2, 0) is 18.0 Å². The molecule has 0 fully saturated rings. The lowest BCUT2D eigenvalue weighted by atomic mass is 10.0. The Morgan fingerprint density at radius 1 is 0.921 bits per heavy atom.